The summed E-state index contributed by atoms with van der Waals surface area (Å²) in [7, 11) is 1.65. The second-order valence-corrected chi connectivity index (χ2v) is 8.61. The van der Waals surface area contributed by atoms with Gasteiger partial charge in [0.15, 0.2) is 11.7 Å². The summed E-state index contributed by atoms with van der Waals surface area (Å²) < 4.78 is 11.3. The number of aryl methyl sites for hydroxylation is 1. The van der Waals surface area contributed by atoms with Crippen molar-refractivity contribution in [2.24, 2.45) is 0 Å². The maximum absolute atomic E-state index is 12.8. The van der Waals surface area contributed by atoms with Gasteiger partial charge in [-0.05, 0) is 30.2 Å². The number of urea groups is 1. The van der Waals surface area contributed by atoms with E-state index in [1.165, 1.54) is 0 Å². The second-order valence-electron chi connectivity index (χ2n) is 7.83. The van der Waals surface area contributed by atoms with Crippen LogP contribution >= 0.6 is 23.2 Å². The zero-order valence-corrected chi connectivity index (χ0v) is 20.1. The molecule has 1 aliphatic rings. The first kappa shape index (κ1) is 23.3. The number of oxazole rings is 1. The Balaban J connectivity index is 1.39. The minimum Gasteiger partial charge on any atom is -0.496 e. The first-order valence-electron chi connectivity index (χ1n) is 10.8. The molecule has 9 heteroatoms. The van der Waals surface area contributed by atoms with Gasteiger partial charge in [0.05, 0.1) is 28.9 Å². The summed E-state index contributed by atoms with van der Waals surface area (Å²) >= 11 is 12.3. The summed E-state index contributed by atoms with van der Waals surface area (Å²) in [6.45, 7) is 4.99. The number of amides is 2. The third-order valence-corrected chi connectivity index (χ3v) is 6.54. The average Bonchev–Trinajstić information content (AvgIpc) is 3.10. The van der Waals surface area contributed by atoms with Gasteiger partial charge in [-0.3, -0.25) is 0 Å². The van der Waals surface area contributed by atoms with Crippen molar-refractivity contribution in [1.82, 2.24) is 15.2 Å². The van der Waals surface area contributed by atoms with Gasteiger partial charge in [-0.1, -0.05) is 35.3 Å². The van der Waals surface area contributed by atoms with Crippen LogP contribution in [-0.4, -0.2) is 49.2 Å². The summed E-state index contributed by atoms with van der Waals surface area (Å²) in [6, 6.07) is 11.3. The number of ether oxygens (including phenoxy) is 1. The predicted molar refractivity (Wildman–Crippen MR) is 130 cm³/mol. The molecule has 33 heavy (non-hydrogen) atoms. The van der Waals surface area contributed by atoms with E-state index in [-0.39, 0.29) is 6.03 Å². The highest BCUT2D eigenvalue weighted by molar-refractivity contribution is 6.42. The Morgan fingerprint density at radius 1 is 1.18 bits per heavy atom. The number of hydrogen-bond acceptors (Lipinski definition) is 5. The lowest BCUT2D eigenvalue weighted by Gasteiger charge is -2.24. The number of rotatable bonds is 5. The van der Waals surface area contributed by atoms with Crippen LogP contribution in [0.5, 0.6) is 5.75 Å². The molecule has 1 fully saturated rings. The van der Waals surface area contributed by atoms with E-state index in [1.807, 2.05) is 42.2 Å². The van der Waals surface area contributed by atoms with Crippen molar-refractivity contribution in [3.8, 4) is 17.1 Å². The maximum Gasteiger partial charge on any atom is 0.317 e. The van der Waals surface area contributed by atoms with Crippen molar-refractivity contribution in [2.45, 2.75) is 19.9 Å². The summed E-state index contributed by atoms with van der Waals surface area (Å²) in [5, 5.41) is 3.91. The monoisotopic (exact) mass is 488 g/mol. The molecule has 4 rings (SSSR count). The van der Waals surface area contributed by atoms with E-state index in [9.17, 15) is 4.79 Å². The lowest BCUT2D eigenvalue weighted by Crippen LogP contribution is -2.41. The first-order chi connectivity index (χ1) is 16.0. The molecule has 1 aromatic heterocycles. The fraction of sp³-hybridized carbons (Fsp3) is 0.333. The zero-order valence-electron chi connectivity index (χ0n) is 18.6. The van der Waals surface area contributed by atoms with Gasteiger partial charge in [0.1, 0.15) is 5.75 Å². The smallest absolute Gasteiger partial charge is 0.317 e. The fourth-order valence-electron chi connectivity index (χ4n) is 3.91. The Morgan fingerprint density at radius 2 is 2.03 bits per heavy atom. The number of hydrogen-bond donors (Lipinski definition) is 1. The molecule has 2 aromatic carbocycles. The standard InChI is InChI=1S/C24H26Cl2N4O3/c1-16-27-15-22(33-16)19-8-7-18(13-21(19)32-2)29-9-4-10-30(12-11-29)24(31)28-14-17-5-3-6-20(25)23(17)26/h3,5-8,13,15H,4,9-12,14H2,1-2H3,(H,28,31). The normalized spacial score (nSPS) is 14.2. The van der Waals surface area contributed by atoms with Crippen LogP contribution in [0.3, 0.4) is 0 Å². The summed E-state index contributed by atoms with van der Waals surface area (Å²) in [6.07, 6.45) is 2.56. The van der Waals surface area contributed by atoms with Gasteiger partial charge in [0, 0.05) is 51.4 Å². The number of aromatic nitrogens is 1. The van der Waals surface area contributed by atoms with E-state index in [1.54, 1.807) is 19.4 Å². The molecule has 174 valence electrons. The van der Waals surface area contributed by atoms with Crippen LogP contribution in [0.15, 0.2) is 47.0 Å². The molecular formula is C24H26Cl2N4O3. The van der Waals surface area contributed by atoms with Gasteiger partial charge in [-0.15, -0.1) is 0 Å². The van der Waals surface area contributed by atoms with Gasteiger partial charge in [-0.25, -0.2) is 9.78 Å². The number of methoxy groups -OCH3 is 1. The Hall–Kier alpha value is -2.90. The summed E-state index contributed by atoms with van der Waals surface area (Å²) in [4.78, 5) is 21.0. The van der Waals surface area contributed by atoms with Crippen LogP contribution in [-0.2, 0) is 6.54 Å². The van der Waals surface area contributed by atoms with E-state index in [2.05, 4.69) is 15.2 Å². The third kappa shape index (κ3) is 5.37. The molecule has 0 aliphatic carbocycles. The predicted octanol–water partition coefficient (Wildman–Crippen LogP) is 5.39. The lowest BCUT2D eigenvalue weighted by molar-refractivity contribution is 0.201. The highest BCUT2D eigenvalue weighted by Gasteiger charge is 2.21. The van der Waals surface area contributed by atoms with Crippen molar-refractivity contribution in [3.05, 3.63) is 64.1 Å². The molecule has 0 atom stereocenters. The zero-order chi connectivity index (χ0) is 23.4. The number of carbonyl (C=O) groups excluding carboxylic acids is 1. The molecule has 0 spiro atoms. The molecule has 0 radical (unpaired) electrons. The largest absolute Gasteiger partial charge is 0.496 e. The molecular weight excluding hydrogens is 463 g/mol. The second kappa shape index (κ2) is 10.4. The molecule has 1 N–H and O–H groups in total. The van der Waals surface area contributed by atoms with Gasteiger partial charge in [0.2, 0.25) is 0 Å². The lowest BCUT2D eigenvalue weighted by atomic mass is 10.1. The van der Waals surface area contributed by atoms with Gasteiger partial charge >= 0.3 is 6.03 Å². The topological polar surface area (TPSA) is 70.8 Å². The molecule has 2 heterocycles. The van der Waals surface area contributed by atoms with Gasteiger partial charge in [-0.2, -0.15) is 0 Å². The van der Waals surface area contributed by atoms with E-state index in [4.69, 9.17) is 32.4 Å². The molecule has 1 aliphatic heterocycles. The van der Waals surface area contributed by atoms with Crippen molar-refractivity contribution < 1.29 is 13.9 Å². The Kier molecular flexibility index (Phi) is 7.30. The Labute approximate surface area is 203 Å². The molecule has 0 unspecified atom stereocenters. The van der Waals surface area contributed by atoms with Crippen LogP contribution in [0.1, 0.15) is 17.9 Å². The van der Waals surface area contributed by atoms with E-state index < -0.39 is 0 Å². The highest BCUT2D eigenvalue weighted by Crippen LogP contribution is 2.34. The van der Waals surface area contributed by atoms with Crippen molar-refractivity contribution >= 4 is 34.9 Å². The number of nitrogens with one attached hydrogen (secondary N) is 1. The van der Waals surface area contributed by atoms with E-state index >= 15 is 0 Å². The fourth-order valence-corrected chi connectivity index (χ4v) is 4.30. The van der Waals surface area contributed by atoms with Crippen molar-refractivity contribution in [1.29, 1.82) is 0 Å². The van der Waals surface area contributed by atoms with Crippen LogP contribution < -0.4 is 15.0 Å². The minimum atomic E-state index is -0.110. The number of carbonyl (C=O) groups is 1. The SMILES string of the molecule is COc1cc(N2CCCN(C(=O)NCc3cccc(Cl)c3Cl)CC2)ccc1-c1cnc(C)o1. The Morgan fingerprint density at radius 3 is 2.79 bits per heavy atom. The molecule has 2 amide bonds. The van der Waals surface area contributed by atoms with Gasteiger partial charge in [0.25, 0.3) is 0 Å². The molecule has 7 nitrogen and oxygen atoms in total. The summed E-state index contributed by atoms with van der Waals surface area (Å²) in [5.74, 6) is 2.01. The Bertz CT molecular complexity index is 1130. The van der Waals surface area contributed by atoms with Crippen molar-refractivity contribution in [3.63, 3.8) is 0 Å². The number of nitrogens with zero attached hydrogens (tertiary/aromatic N) is 3. The molecule has 3 aromatic rings. The average molecular weight is 489 g/mol. The van der Waals surface area contributed by atoms with Crippen LogP contribution in [0.2, 0.25) is 10.0 Å². The maximum atomic E-state index is 12.8. The molecule has 0 bridgehead atoms. The van der Waals surface area contributed by atoms with Crippen LogP contribution in [0.4, 0.5) is 10.5 Å². The third-order valence-electron chi connectivity index (χ3n) is 5.68. The quantitative estimate of drug-likeness (QED) is 0.521. The summed E-state index contributed by atoms with van der Waals surface area (Å²) in [5.41, 5.74) is 2.69. The van der Waals surface area contributed by atoms with E-state index in [0.29, 0.717) is 41.3 Å². The molecule has 0 saturated carbocycles. The number of halogens is 2. The minimum absolute atomic E-state index is 0.110. The number of anilines is 1. The van der Waals surface area contributed by atoms with E-state index in [0.717, 1.165) is 42.1 Å². The van der Waals surface area contributed by atoms with Crippen LogP contribution in [0.25, 0.3) is 11.3 Å². The first-order valence-corrected chi connectivity index (χ1v) is 11.5. The number of benzene rings is 2. The van der Waals surface area contributed by atoms with Gasteiger partial charge < -0.3 is 24.3 Å². The van der Waals surface area contributed by atoms with Crippen molar-refractivity contribution in [2.75, 3.05) is 38.2 Å². The molecule has 1 saturated heterocycles. The van der Waals surface area contributed by atoms with Crippen LogP contribution in [0, 0.1) is 6.92 Å². The highest BCUT2D eigenvalue weighted by atomic mass is 35.5.